The van der Waals surface area contributed by atoms with E-state index in [1.165, 1.54) is 0 Å². The summed E-state index contributed by atoms with van der Waals surface area (Å²) in [5.74, 6) is 0.0755. The fourth-order valence-electron chi connectivity index (χ4n) is 2.78. The number of hydrogen-bond acceptors (Lipinski definition) is 3. The molecule has 2 atom stereocenters. The lowest BCUT2D eigenvalue weighted by Crippen LogP contribution is -2.52. The first-order valence-corrected chi connectivity index (χ1v) is 7.22. The molecule has 1 saturated heterocycles. The van der Waals surface area contributed by atoms with Crippen LogP contribution in [0.1, 0.15) is 24.8 Å². The van der Waals surface area contributed by atoms with Crippen molar-refractivity contribution < 1.29 is 14.6 Å². The minimum Gasteiger partial charge on any atom is -0.391 e. The Kier molecular flexibility index (Phi) is 5.56. The summed E-state index contributed by atoms with van der Waals surface area (Å²) in [4.78, 5) is 14.1. The van der Waals surface area contributed by atoms with Crippen LogP contribution in [-0.4, -0.2) is 48.3 Å². The van der Waals surface area contributed by atoms with Gasteiger partial charge in [-0.1, -0.05) is 30.3 Å². The molecule has 4 heteroatoms. The zero-order valence-corrected chi connectivity index (χ0v) is 12.0. The van der Waals surface area contributed by atoms with Crippen LogP contribution in [0.25, 0.3) is 0 Å². The normalized spacial score (nSPS) is 22.8. The number of hydrogen-bond donors (Lipinski definition) is 1. The molecule has 1 N–H and O–H groups in total. The zero-order chi connectivity index (χ0) is 14.4. The molecule has 0 bridgehead atoms. The van der Waals surface area contributed by atoms with E-state index in [2.05, 4.69) is 0 Å². The highest BCUT2D eigenvalue weighted by molar-refractivity contribution is 5.76. The number of rotatable bonds is 5. The van der Waals surface area contributed by atoms with Gasteiger partial charge in [0.1, 0.15) is 0 Å². The maximum atomic E-state index is 12.2. The van der Waals surface area contributed by atoms with Gasteiger partial charge in [-0.15, -0.1) is 0 Å². The highest BCUT2D eigenvalue weighted by Gasteiger charge is 2.32. The Morgan fingerprint density at radius 2 is 2.15 bits per heavy atom. The maximum Gasteiger partial charge on any atom is 0.225 e. The molecule has 2 rings (SSSR count). The second kappa shape index (κ2) is 7.41. The van der Waals surface area contributed by atoms with Gasteiger partial charge in [-0.3, -0.25) is 4.79 Å². The number of ether oxygens (including phenoxy) is 1. The van der Waals surface area contributed by atoms with E-state index < -0.39 is 6.10 Å². The molecular weight excluding hydrogens is 254 g/mol. The van der Waals surface area contributed by atoms with E-state index >= 15 is 0 Å². The fourth-order valence-corrected chi connectivity index (χ4v) is 2.78. The lowest BCUT2D eigenvalue weighted by atomic mass is 9.92. The Bertz CT molecular complexity index is 421. The number of nitrogens with zero attached hydrogens (tertiary/aromatic N) is 1. The van der Waals surface area contributed by atoms with Gasteiger partial charge in [0.05, 0.1) is 25.2 Å². The molecule has 20 heavy (non-hydrogen) atoms. The fraction of sp³-hybridized carbons (Fsp3) is 0.562. The number of carbonyl (C=O) groups is 1. The summed E-state index contributed by atoms with van der Waals surface area (Å²) in [7, 11) is 1.60. The van der Waals surface area contributed by atoms with E-state index in [4.69, 9.17) is 4.74 Å². The predicted octanol–water partition coefficient (Wildman–Crippen LogP) is 1.62. The first kappa shape index (κ1) is 15.0. The topological polar surface area (TPSA) is 49.8 Å². The highest BCUT2D eigenvalue weighted by Crippen LogP contribution is 2.22. The zero-order valence-electron chi connectivity index (χ0n) is 12.0. The summed E-state index contributed by atoms with van der Waals surface area (Å²) < 4.78 is 4.97. The summed E-state index contributed by atoms with van der Waals surface area (Å²) in [6.07, 6.45) is 2.29. The van der Waals surface area contributed by atoms with E-state index in [-0.39, 0.29) is 11.9 Å². The Morgan fingerprint density at radius 3 is 2.85 bits per heavy atom. The van der Waals surface area contributed by atoms with Gasteiger partial charge in [0, 0.05) is 13.7 Å². The molecule has 1 aromatic rings. The van der Waals surface area contributed by atoms with Crippen LogP contribution in [0.15, 0.2) is 30.3 Å². The lowest BCUT2D eigenvalue weighted by molar-refractivity contribution is -0.139. The molecule has 1 amide bonds. The van der Waals surface area contributed by atoms with Crippen LogP contribution in [0.5, 0.6) is 0 Å². The molecule has 0 aliphatic carbocycles. The molecule has 0 radical (unpaired) electrons. The molecule has 0 aromatic heterocycles. The third-order valence-electron chi connectivity index (χ3n) is 3.87. The van der Waals surface area contributed by atoms with Crippen molar-refractivity contribution in [1.82, 2.24) is 4.90 Å². The first-order valence-electron chi connectivity index (χ1n) is 7.22. The number of amides is 1. The Balaban J connectivity index is 2.06. The minimum absolute atomic E-state index is 0.0755. The van der Waals surface area contributed by atoms with Gasteiger partial charge in [-0.05, 0) is 24.8 Å². The van der Waals surface area contributed by atoms with Crippen molar-refractivity contribution in [3.8, 4) is 0 Å². The van der Waals surface area contributed by atoms with Gasteiger partial charge < -0.3 is 14.7 Å². The Labute approximate surface area is 120 Å². The average molecular weight is 277 g/mol. The van der Waals surface area contributed by atoms with Crippen molar-refractivity contribution in [2.24, 2.45) is 0 Å². The van der Waals surface area contributed by atoms with Crippen LogP contribution in [0.4, 0.5) is 0 Å². The monoisotopic (exact) mass is 277 g/mol. The average Bonchev–Trinajstić information content (AvgIpc) is 2.48. The number of aliphatic hydroxyl groups is 1. The van der Waals surface area contributed by atoms with Crippen molar-refractivity contribution >= 4 is 5.91 Å². The number of piperidine rings is 1. The molecule has 110 valence electrons. The van der Waals surface area contributed by atoms with Crippen molar-refractivity contribution in [2.75, 3.05) is 20.3 Å². The summed E-state index contributed by atoms with van der Waals surface area (Å²) in [5.41, 5.74) is 1.16. The molecule has 1 aliphatic heterocycles. The summed E-state index contributed by atoms with van der Waals surface area (Å²) in [5, 5.41) is 10.2. The quantitative estimate of drug-likeness (QED) is 0.889. The minimum atomic E-state index is -0.435. The number of carbonyl (C=O) groups excluding carboxylic acids is 1. The van der Waals surface area contributed by atoms with Gasteiger partial charge in [0.15, 0.2) is 0 Å². The molecule has 0 saturated carbocycles. The van der Waals surface area contributed by atoms with Gasteiger partial charge in [0.2, 0.25) is 5.91 Å². The third kappa shape index (κ3) is 3.81. The number of aliphatic hydroxyl groups excluding tert-OH is 1. The van der Waals surface area contributed by atoms with Gasteiger partial charge in [0.25, 0.3) is 0 Å². The third-order valence-corrected chi connectivity index (χ3v) is 3.87. The van der Waals surface area contributed by atoms with Crippen LogP contribution in [0, 0.1) is 0 Å². The Morgan fingerprint density at radius 1 is 1.40 bits per heavy atom. The molecule has 1 fully saturated rings. The predicted molar refractivity (Wildman–Crippen MR) is 77.4 cm³/mol. The number of methoxy groups -OCH3 is 1. The highest BCUT2D eigenvalue weighted by atomic mass is 16.5. The van der Waals surface area contributed by atoms with E-state index in [0.717, 1.165) is 24.9 Å². The maximum absolute atomic E-state index is 12.2. The standard InChI is InChI=1S/C16H23NO3/c1-20-11-9-16(19)17-10-5-8-15(18)14(17)12-13-6-3-2-4-7-13/h2-4,6-7,14-15,18H,5,8-12H2,1H3/t14-,15-/m0/s1. The molecular formula is C16H23NO3. The van der Waals surface area contributed by atoms with Crippen molar-refractivity contribution in [3.05, 3.63) is 35.9 Å². The molecule has 1 heterocycles. The molecule has 0 unspecified atom stereocenters. The number of likely N-dealkylation sites (tertiary alicyclic amines) is 1. The largest absolute Gasteiger partial charge is 0.391 e. The van der Waals surface area contributed by atoms with Crippen molar-refractivity contribution in [1.29, 1.82) is 0 Å². The molecule has 1 aliphatic rings. The van der Waals surface area contributed by atoms with Gasteiger partial charge in [-0.25, -0.2) is 0 Å². The van der Waals surface area contributed by atoms with Crippen LogP contribution in [0.2, 0.25) is 0 Å². The number of benzene rings is 1. The van der Waals surface area contributed by atoms with E-state index in [9.17, 15) is 9.90 Å². The molecule has 0 spiro atoms. The summed E-state index contributed by atoms with van der Waals surface area (Å²) in [6.45, 7) is 1.17. The second-order valence-electron chi connectivity index (χ2n) is 5.30. The second-order valence-corrected chi connectivity index (χ2v) is 5.30. The molecule has 4 nitrogen and oxygen atoms in total. The lowest BCUT2D eigenvalue weighted by Gasteiger charge is -2.39. The van der Waals surface area contributed by atoms with Crippen LogP contribution in [-0.2, 0) is 16.0 Å². The Hall–Kier alpha value is -1.39. The smallest absolute Gasteiger partial charge is 0.225 e. The van der Waals surface area contributed by atoms with E-state index in [1.807, 2.05) is 35.2 Å². The van der Waals surface area contributed by atoms with E-state index in [0.29, 0.717) is 19.4 Å². The van der Waals surface area contributed by atoms with Crippen LogP contribution >= 0.6 is 0 Å². The van der Waals surface area contributed by atoms with Crippen molar-refractivity contribution in [2.45, 2.75) is 37.8 Å². The summed E-state index contributed by atoms with van der Waals surface area (Å²) >= 11 is 0. The molecule has 1 aromatic carbocycles. The van der Waals surface area contributed by atoms with Crippen LogP contribution < -0.4 is 0 Å². The summed E-state index contributed by atoms with van der Waals surface area (Å²) in [6, 6.07) is 9.92. The SMILES string of the molecule is COCCC(=O)N1CCC[C@H](O)[C@@H]1Cc1ccccc1. The van der Waals surface area contributed by atoms with Crippen molar-refractivity contribution in [3.63, 3.8) is 0 Å². The first-order chi connectivity index (χ1) is 9.72. The van der Waals surface area contributed by atoms with E-state index in [1.54, 1.807) is 7.11 Å². The van der Waals surface area contributed by atoms with Gasteiger partial charge in [-0.2, -0.15) is 0 Å². The van der Waals surface area contributed by atoms with Crippen LogP contribution in [0.3, 0.4) is 0 Å². The van der Waals surface area contributed by atoms with Gasteiger partial charge >= 0.3 is 0 Å².